The van der Waals surface area contributed by atoms with Crippen molar-refractivity contribution < 1.29 is 19.4 Å². The lowest BCUT2D eigenvalue weighted by molar-refractivity contribution is 0.0694. The summed E-state index contributed by atoms with van der Waals surface area (Å²) in [5.41, 5.74) is 1.47. The highest BCUT2D eigenvalue weighted by atomic mass is 16.5. The Labute approximate surface area is 88.4 Å². The molecule has 4 nitrogen and oxygen atoms in total. The Morgan fingerprint density at radius 1 is 1.13 bits per heavy atom. The van der Waals surface area contributed by atoms with Crippen molar-refractivity contribution in [3.05, 3.63) is 22.8 Å². The van der Waals surface area contributed by atoms with E-state index in [4.69, 9.17) is 14.6 Å². The first-order chi connectivity index (χ1) is 7.02. The quantitative estimate of drug-likeness (QED) is 0.829. The molecule has 1 N–H and O–H groups in total. The summed E-state index contributed by atoms with van der Waals surface area (Å²) >= 11 is 0. The fourth-order valence-corrected chi connectivity index (χ4v) is 1.61. The number of hydrogen-bond acceptors (Lipinski definition) is 3. The van der Waals surface area contributed by atoms with Gasteiger partial charge in [0.15, 0.2) is 0 Å². The average Bonchev–Trinajstić information content (AvgIpc) is 2.18. The molecule has 0 aliphatic rings. The maximum absolute atomic E-state index is 11.1. The normalized spacial score (nSPS) is 9.87. The van der Waals surface area contributed by atoms with E-state index >= 15 is 0 Å². The Morgan fingerprint density at radius 2 is 1.53 bits per heavy atom. The molecule has 82 valence electrons. The van der Waals surface area contributed by atoms with Gasteiger partial charge in [0, 0.05) is 17.2 Å². The number of hydrogen-bond donors (Lipinski definition) is 1. The Balaban J connectivity index is 3.53. The minimum Gasteiger partial charge on any atom is -0.496 e. The SMILES string of the molecule is COc1cc(OC)c(C)c(C(=O)O)c1C. The molecule has 4 heteroatoms. The Morgan fingerprint density at radius 3 is 1.80 bits per heavy atom. The van der Waals surface area contributed by atoms with E-state index in [-0.39, 0.29) is 5.56 Å². The summed E-state index contributed by atoms with van der Waals surface area (Å²) in [6, 6.07) is 1.69. The first-order valence-electron chi connectivity index (χ1n) is 4.48. The number of aromatic carboxylic acids is 1. The molecule has 0 unspecified atom stereocenters. The smallest absolute Gasteiger partial charge is 0.336 e. The van der Waals surface area contributed by atoms with Gasteiger partial charge in [0.2, 0.25) is 0 Å². The van der Waals surface area contributed by atoms with Crippen LogP contribution in [0.5, 0.6) is 11.5 Å². The van der Waals surface area contributed by atoms with E-state index in [0.29, 0.717) is 22.6 Å². The van der Waals surface area contributed by atoms with E-state index in [2.05, 4.69) is 0 Å². The fraction of sp³-hybridized carbons (Fsp3) is 0.364. The summed E-state index contributed by atoms with van der Waals surface area (Å²) in [7, 11) is 3.01. The monoisotopic (exact) mass is 210 g/mol. The van der Waals surface area contributed by atoms with Gasteiger partial charge >= 0.3 is 5.97 Å². The second-order valence-electron chi connectivity index (χ2n) is 3.21. The third kappa shape index (κ3) is 1.88. The molecule has 0 atom stereocenters. The predicted octanol–water partition coefficient (Wildman–Crippen LogP) is 2.02. The van der Waals surface area contributed by atoms with Crippen molar-refractivity contribution >= 4 is 5.97 Å². The van der Waals surface area contributed by atoms with E-state index in [0.717, 1.165) is 0 Å². The average molecular weight is 210 g/mol. The molecule has 0 amide bonds. The van der Waals surface area contributed by atoms with Gasteiger partial charge in [-0.05, 0) is 13.8 Å². The number of methoxy groups -OCH3 is 2. The topological polar surface area (TPSA) is 55.8 Å². The summed E-state index contributed by atoms with van der Waals surface area (Å²) in [6.45, 7) is 3.43. The molecule has 0 spiro atoms. The number of rotatable bonds is 3. The fourth-order valence-electron chi connectivity index (χ4n) is 1.61. The van der Waals surface area contributed by atoms with Crippen molar-refractivity contribution in [1.29, 1.82) is 0 Å². The van der Waals surface area contributed by atoms with Gasteiger partial charge in [0.05, 0.1) is 19.8 Å². The van der Waals surface area contributed by atoms with Crippen molar-refractivity contribution in [3.8, 4) is 11.5 Å². The minimum atomic E-state index is -0.970. The van der Waals surface area contributed by atoms with E-state index in [1.807, 2.05) is 0 Å². The Hall–Kier alpha value is -1.71. The van der Waals surface area contributed by atoms with Gasteiger partial charge in [-0.15, -0.1) is 0 Å². The van der Waals surface area contributed by atoms with Crippen molar-refractivity contribution in [2.75, 3.05) is 14.2 Å². The Bertz CT molecular complexity index is 368. The molecule has 0 aromatic heterocycles. The van der Waals surface area contributed by atoms with Crippen LogP contribution in [0.4, 0.5) is 0 Å². The van der Waals surface area contributed by atoms with Crippen LogP contribution in [0.2, 0.25) is 0 Å². The number of carboxylic acids is 1. The molecule has 0 aliphatic heterocycles. The third-order valence-electron chi connectivity index (χ3n) is 2.41. The lowest BCUT2D eigenvalue weighted by atomic mass is 10.0. The highest BCUT2D eigenvalue weighted by Gasteiger charge is 2.18. The molecule has 0 aliphatic carbocycles. The van der Waals surface area contributed by atoms with Gasteiger partial charge in [-0.3, -0.25) is 0 Å². The molecular formula is C11H14O4. The first-order valence-corrected chi connectivity index (χ1v) is 4.48. The zero-order valence-corrected chi connectivity index (χ0v) is 9.25. The van der Waals surface area contributed by atoms with E-state index < -0.39 is 5.97 Å². The van der Waals surface area contributed by atoms with Crippen LogP contribution in [-0.4, -0.2) is 25.3 Å². The second-order valence-corrected chi connectivity index (χ2v) is 3.21. The molecule has 0 saturated heterocycles. The van der Waals surface area contributed by atoms with Crippen LogP contribution >= 0.6 is 0 Å². The molecule has 15 heavy (non-hydrogen) atoms. The van der Waals surface area contributed by atoms with E-state index in [9.17, 15) is 4.79 Å². The molecule has 1 aromatic carbocycles. The third-order valence-corrected chi connectivity index (χ3v) is 2.41. The first kappa shape index (κ1) is 11.4. The number of ether oxygens (including phenoxy) is 2. The largest absolute Gasteiger partial charge is 0.496 e. The summed E-state index contributed by atoms with van der Waals surface area (Å²) in [6.07, 6.45) is 0. The van der Waals surface area contributed by atoms with Crippen LogP contribution in [-0.2, 0) is 0 Å². The molecule has 0 heterocycles. The number of carbonyl (C=O) groups is 1. The van der Waals surface area contributed by atoms with Gasteiger partial charge < -0.3 is 14.6 Å². The maximum atomic E-state index is 11.1. The van der Waals surface area contributed by atoms with Crippen molar-refractivity contribution in [2.24, 2.45) is 0 Å². The predicted molar refractivity (Wildman–Crippen MR) is 56.0 cm³/mol. The van der Waals surface area contributed by atoms with Crippen LogP contribution in [0.1, 0.15) is 21.5 Å². The number of benzene rings is 1. The van der Waals surface area contributed by atoms with Crippen LogP contribution in [0, 0.1) is 13.8 Å². The molecule has 1 aromatic rings. The maximum Gasteiger partial charge on any atom is 0.336 e. The van der Waals surface area contributed by atoms with Crippen molar-refractivity contribution in [2.45, 2.75) is 13.8 Å². The molecule has 0 fully saturated rings. The van der Waals surface area contributed by atoms with E-state index in [1.165, 1.54) is 14.2 Å². The van der Waals surface area contributed by atoms with Crippen molar-refractivity contribution in [1.82, 2.24) is 0 Å². The molecule has 1 rings (SSSR count). The van der Waals surface area contributed by atoms with Crippen LogP contribution < -0.4 is 9.47 Å². The second kappa shape index (κ2) is 4.21. The Kier molecular flexibility index (Phi) is 3.19. The molecule has 0 bridgehead atoms. The molecule has 0 saturated carbocycles. The molecule has 0 radical (unpaired) electrons. The van der Waals surface area contributed by atoms with Crippen LogP contribution in [0.3, 0.4) is 0 Å². The van der Waals surface area contributed by atoms with Crippen molar-refractivity contribution in [3.63, 3.8) is 0 Å². The van der Waals surface area contributed by atoms with Gasteiger partial charge in [-0.25, -0.2) is 4.79 Å². The lowest BCUT2D eigenvalue weighted by Crippen LogP contribution is -2.06. The zero-order valence-electron chi connectivity index (χ0n) is 9.25. The highest BCUT2D eigenvalue weighted by Crippen LogP contribution is 2.32. The van der Waals surface area contributed by atoms with Crippen LogP contribution in [0.15, 0.2) is 6.07 Å². The van der Waals surface area contributed by atoms with E-state index in [1.54, 1.807) is 19.9 Å². The summed E-state index contributed by atoms with van der Waals surface area (Å²) in [4.78, 5) is 11.1. The number of carboxylic acid groups (broad SMARTS) is 1. The van der Waals surface area contributed by atoms with Gasteiger partial charge in [-0.1, -0.05) is 0 Å². The van der Waals surface area contributed by atoms with Gasteiger partial charge in [-0.2, -0.15) is 0 Å². The minimum absolute atomic E-state index is 0.242. The standard InChI is InChI=1S/C11H14O4/c1-6-8(14-3)5-9(15-4)7(2)10(6)11(12)13/h5H,1-4H3,(H,12,13). The summed E-state index contributed by atoms with van der Waals surface area (Å²) in [5, 5.41) is 9.08. The zero-order chi connectivity index (χ0) is 11.6. The van der Waals surface area contributed by atoms with Gasteiger partial charge in [0.25, 0.3) is 0 Å². The summed E-state index contributed by atoms with van der Waals surface area (Å²) < 4.78 is 10.2. The molecular weight excluding hydrogens is 196 g/mol. The highest BCUT2D eigenvalue weighted by molar-refractivity contribution is 5.92. The lowest BCUT2D eigenvalue weighted by Gasteiger charge is -2.14. The van der Waals surface area contributed by atoms with Crippen LogP contribution in [0.25, 0.3) is 0 Å². The summed E-state index contributed by atoms with van der Waals surface area (Å²) in [5.74, 6) is 0.0758. The van der Waals surface area contributed by atoms with Gasteiger partial charge in [0.1, 0.15) is 11.5 Å².